The van der Waals surface area contributed by atoms with Crippen LogP contribution in [0.3, 0.4) is 0 Å². The standard InChI is InChI=1S/C14H21N3S/c1-11-12(7-13(8-15)17(11)3)9-16-10-14(2)5-4-6-18-14/h7,16H,4-6,9-10H2,1-3H3. The zero-order valence-corrected chi connectivity index (χ0v) is 12.2. The molecule has 2 rings (SSSR count). The molecular weight excluding hydrogens is 242 g/mol. The second-order valence-electron chi connectivity index (χ2n) is 5.32. The highest BCUT2D eigenvalue weighted by atomic mass is 32.2. The lowest BCUT2D eigenvalue weighted by Crippen LogP contribution is -2.32. The SMILES string of the molecule is Cc1c(CNCC2(C)CCCS2)cc(C#N)n1C. The van der Waals surface area contributed by atoms with Gasteiger partial charge in [0.05, 0.1) is 0 Å². The number of hydrogen-bond donors (Lipinski definition) is 1. The number of rotatable bonds is 4. The summed E-state index contributed by atoms with van der Waals surface area (Å²) in [5, 5.41) is 12.5. The lowest BCUT2D eigenvalue weighted by atomic mass is 10.1. The predicted octanol–water partition coefficient (Wildman–Crippen LogP) is 2.58. The van der Waals surface area contributed by atoms with Crippen LogP contribution < -0.4 is 5.32 Å². The first-order chi connectivity index (χ1) is 8.56. The third-order valence-corrected chi connectivity index (χ3v) is 5.41. The van der Waals surface area contributed by atoms with E-state index < -0.39 is 0 Å². The molecular formula is C14H21N3S. The van der Waals surface area contributed by atoms with Gasteiger partial charge < -0.3 is 9.88 Å². The first kappa shape index (κ1) is 13.5. The van der Waals surface area contributed by atoms with E-state index in [0.29, 0.717) is 4.75 Å². The minimum Gasteiger partial charge on any atom is -0.340 e. The van der Waals surface area contributed by atoms with Gasteiger partial charge in [0.15, 0.2) is 0 Å². The topological polar surface area (TPSA) is 40.8 Å². The number of hydrogen-bond acceptors (Lipinski definition) is 3. The van der Waals surface area contributed by atoms with Crippen molar-refractivity contribution in [3.63, 3.8) is 0 Å². The summed E-state index contributed by atoms with van der Waals surface area (Å²) >= 11 is 2.08. The maximum atomic E-state index is 9.00. The van der Waals surface area contributed by atoms with E-state index in [4.69, 9.17) is 5.26 Å². The Hall–Kier alpha value is -0.920. The van der Waals surface area contributed by atoms with Crippen molar-refractivity contribution in [1.29, 1.82) is 5.26 Å². The largest absolute Gasteiger partial charge is 0.340 e. The normalized spacial score (nSPS) is 23.2. The fourth-order valence-electron chi connectivity index (χ4n) is 2.49. The van der Waals surface area contributed by atoms with Crippen molar-refractivity contribution in [3.05, 3.63) is 23.0 Å². The van der Waals surface area contributed by atoms with E-state index in [1.54, 1.807) is 0 Å². The van der Waals surface area contributed by atoms with Crippen molar-refractivity contribution in [1.82, 2.24) is 9.88 Å². The van der Waals surface area contributed by atoms with Crippen LogP contribution in [0.1, 0.15) is 36.7 Å². The van der Waals surface area contributed by atoms with Gasteiger partial charge in [-0.15, -0.1) is 0 Å². The molecule has 1 unspecified atom stereocenters. The Morgan fingerprint density at radius 1 is 1.61 bits per heavy atom. The number of thioether (sulfide) groups is 1. The minimum atomic E-state index is 0.404. The first-order valence-corrected chi connectivity index (χ1v) is 7.44. The van der Waals surface area contributed by atoms with E-state index in [1.165, 1.54) is 29.9 Å². The fraction of sp³-hybridized carbons (Fsp3) is 0.643. The van der Waals surface area contributed by atoms with Gasteiger partial charge in [0.1, 0.15) is 11.8 Å². The van der Waals surface area contributed by atoms with E-state index in [9.17, 15) is 0 Å². The Kier molecular flexibility index (Phi) is 4.04. The number of aromatic nitrogens is 1. The minimum absolute atomic E-state index is 0.404. The summed E-state index contributed by atoms with van der Waals surface area (Å²) in [5.41, 5.74) is 3.16. The molecule has 4 heteroatoms. The highest BCUT2D eigenvalue weighted by molar-refractivity contribution is 8.00. The molecule has 1 atom stereocenters. The molecule has 0 aliphatic carbocycles. The lowest BCUT2D eigenvalue weighted by molar-refractivity contribution is 0.536. The molecule has 1 fully saturated rings. The van der Waals surface area contributed by atoms with E-state index in [0.717, 1.165) is 18.8 Å². The molecule has 1 aliphatic heterocycles. The van der Waals surface area contributed by atoms with E-state index in [-0.39, 0.29) is 0 Å². The Morgan fingerprint density at radius 3 is 2.94 bits per heavy atom. The maximum Gasteiger partial charge on any atom is 0.120 e. The highest BCUT2D eigenvalue weighted by Gasteiger charge is 2.28. The summed E-state index contributed by atoms with van der Waals surface area (Å²) in [5.74, 6) is 1.29. The van der Waals surface area contributed by atoms with Crippen LogP contribution in [0, 0.1) is 18.3 Å². The van der Waals surface area contributed by atoms with Crippen molar-refractivity contribution < 1.29 is 0 Å². The molecule has 18 heavy (non-hydrogen) atoms. The van der Waals surface area contributed by atoms with Gasteiger partial charge in [-0.1, -0.05) is 0 Å². The molecule has 2 heterocycles. The van der Waals surface area contributed by atoms with Crippen LogP contribution in [-0.4, -0.2) is 21.6 Å². The van der Waals surface area contributed by atoms with Gasteiger partial charge in [0, 0.05) is 30.6 Å². The molecule has 0 amide bonds. The van der Waals surface area contributed by atoms with Gasteiger partial charge in [0.25, 0.3) is 0 Å². The number of nitrogens with zero attached hydrogens (tertiary/aromatic N) is 2. The molecule has 0 radical (unpaired) electrons. The van der Waals surface area contributed by atoms with Crippen LogP contribution in [0.15, 0.2) is 6.07 Å². The van der Waals surface area contributed by atoms with Crippen LogP contribution >= 0.6 is 11.8 Å². The maximum absolute atomic E-state index is 9.00. The number of nitriles is 1. The van der Waals surface area contributed by atoms with Crippen LogP contribution in [0.25, 0.3) is 0 Å². The van der Waals surface area contributed by atoms with Crippen molar-refractivity contribution in [3.8, 4) is 6.07 Å². The zero-order chi connectivity index (χ0) is 13.2. The smallest absolute Gasteiger partial charge is 0.120 e. The van der Waals surface area contributed by atoms with E-state index in [1.807, 2.05) is 17.7 Å². The molecule has 1 saturated heterocycles. The number of nitrogens with one attached hydrogen (secondary N) is 1. The molecule has 0 saturated carbocycles. The van der Waals surface area contributed by atoms with Gasteiger partial charge in [0.2, 0.25) is 0 Å². The van der Waals surface area contributed by atoms with Crippen LogP contribution in [0.5, 0.6) is 0 Å². The molecule has 1 aromatic heterocycles. The second-order valence-corrected chi connectivity index (χ2v) is 7.00. The van der Waals surface area contributed by atoms with Gasteiger partial charge in [-0.05, 0) is 44.1 Å². The Balaban J connectivity index is 1.93. The highest BCUT2D eigenvalue weighted by Crippen LogP contribution is 2.37. The molecule has 0 spiro atoms. The molecule has 1 N–H and O–H groups in total. The lowest BCUT2D eigenvalue weighted by Gasteiger charge is -2.23. The second kappa shape index (κ2) is 5.38. The summed E-state index contributed by atoms with van der Waals surface area (Å²) in [7, 11) is 1.95. The first-order valence-electron chi connectivity index (χ1n) is 6.46. The average Bonchev–Trinajstić information content (AvgIpc) is 2.89. The average molecular weight is 263 g/mol. The van der Waals surface area contributed by atoms with Gasteiger partial charge in [-0.3, -0.25) is 0 Å². The zero-order valence-electron chi connectivity index (χ0n) is 11.4. The molecule has 3 nitrogen and oxygen atoms in total. The van der Waals surface area contributed by atoms with Gasteiger partial charge in [-0.2, -0.15) is 17.0 Å². The summed E-state index contributed by atoms with van der Waals surface area (Å²) in [6.07, 6.45) is 2.65. The summed E-state index contributed by atoms with van der Waals surface area (Å²) in [6.45, 7) is 6.32. The molecule has 1 aromatic rings. The molecule has 0 bridgehead atoms. The quantitative estimate of drug-likeness (QED) is 0.907. The van der Waals surface area contributed by atoms with Gasteiger partial charge >= 0.3 is 0 Å². The van der Waals surface area contributed by atoms with Crippen molar-refractivity contribution >= 4 is 11.8 Å². The summed E-state index contributed by atoms with van der Waals surface area (Å²) in [6, 6.07) is 4.22. The summed E-state index contributed by atoms with van der Waals surface area (Å²) in [4.78, 5) is 0. The Labute approximate surface area is 114 Å². The van der Waals surface area contributed by atoms with E-state index >= 15 is 0 Å². The predicted molar refractivity (Wildman–Crippen MR) is 76.7 cm³/mol. The molecule has 1 aliphatic rings. The Morgan fingerprint density at radius 2 is 2.39 bits per heavy atom. The van der Waals surface area contributed by atoms with Crippen molar-refractivity contribution in [2.75, 3.05) is 12.3 Å². The monoisotopic (exact) mass is 263 g/mol. The van der Waals surface area contributed by atoms with Crippen molar-refractivity contribution in [2.45, 2.75) is 38.0 Å². The third-order valence-electron chi connectivity index (χ3n) is 3.87. The third kappa shape index (κ3) is 2.73. The van der Waals surface area contributed by atoms with Crippen LogP contribution in [-0.2, 0) is 13.6 Å². The van der Waals surface area contributed by atoms with Crippen molar-refractivity contribution in [2.24, 2.45) is 7.05 Å². The molecule has 0 aromatic carbocycles. The van der Waals surface area contributed by atoms with Gasteiger partial charge in [-0.25, -0.2) is 0 Å². The fourth-order valence-corrected chi connectivity index (χ4v) is 3.76. The Bertz CT molecular complexity index is 464. The van der Waals surface area contributed by atoms with Crippen LogP contribution in [0.4, 0.5) is 0 Å². The summed E-state index contributed by atoms with van der Waals surface area (Å²) < 4.78 is 2.36. The van der Waals surface area contributed by atoms with Crippen LogP contribution in [0.2, 0.25) is 0 Å². The molecule has 98 valence electrons. The van der Waals surface area contributed by atoms with E-state index in [2.05, 4.69) is 37.0 Å².